The van der Waals surface area contributed by atoms with Crippen LogP contribution in [0.3, 0.4) is 0 Å². The number of hydrogen-bond acceptors (Lipinski definition) is 4. The molecule has 154 valence electrons. The molecule has 0 aliphatic carbocycles. The SMILES string of the molecule is CCNC(=NCc1cc(C#N)ccc1F)NCc1cc(F)ccc1CS(C)(=O)=O. The van der Waals surface area contributed by atoms with E-state index in [1.54, 1.807) is 0 Å². The van der Waals surface area contributed by atoms with Crippen LogP contribution in [0.2, 0.25) is 0 Å². The van der Waals surface area contributed by atoms with Crippen LogP contribution in [0.1, 0.15) is 29.2 Å². The van der Waals surface area contributed by atoms with Crippen LogP contribution in [0.15, 0.2) is 41.4 Å². The van der Waals surface area contributed by atoms with Crippen molar-refractivity contribution in [2.24, 2.45) is 4.99 Å². The molecule has 0 radical (unpaired) electrons. The Morgan fingerprint density at radius 2 is 1.86 bits per heavy atom. The Balaban J connectivity index is 2.19. The first-order valence-corrected chi connectivity index (χ1v) is 10.9. The number of aliphatic imine (C=N–C) groups is 1. The van der Waals surface area contributed by atoms with Crippen molar-refractivity contribution in [2.75, 3.05) is 12.8 Å². The van der Waals surface area contributed by atoms with Gasteiger partial charge in [-0.3, -0.25) is 0 Å². The number of benzene rings is 2. The molecule has 2 aromatic carbocycles. The number of rotatable bonds is 7. The van der Waals surface area contributed by atoms with E-state index in [-0.39, 0.29) is 24.4 Å². The molecule has 0 heterocycles. The van der Waals surface area contributed by atoms with Crippen LogP contribution in [-0.2, 0) is 28.7 Å². The molecule has 0 saturated carbocycles. The monoisotopic (exact) mass is 420 g/mol. The molecule has 2 rings (SSSR count). The molecule has 0 spiro atoms. The molecule has 0 atom stereocenters. The minimum atomic E-state index is -3.28. The van der Waals surface area contributed by atoms with Gasteiger partial charge in [0.15, 0.2) is 15.8 Å². The van der Waals surface area contributed by atoms with Crippen LogP contribution in [0, 0.1) is 23.0 Å². The summed E-state index contributed by atoms with van der Waals surface area (Å²) >= 11 is 0. The van der Waals surface area contributed by atoms with Gasteiger partial charge < -0.3 is 10.6 Å². The van der Waals surface area contributed by atoms with Crippen molar-refractivity contribution >= 4 is 15.8 Å². The fourth-order valence-electron chi connectivity index (χ4n) is 2.63. The predicted octanol–water partition coefficient (Wildman–Crippen LogP) is 2.64. The number of hydrogen-bond donors (Lipinski definition) is 2. The Labute approximate surface area is 169 Å². The third-order valence-electron chi connectivity index (χ3n) is 3.96. The molecule has 0 aliphatic rings. The molecule has 9 heteroatoms. The van der Waals surface area contributed by atoms with Gasteiger partial charge in [-0.25, -0.2) is 22.2 Å². The highest BCUT2D eigenvalue weighted by Crippen LogP contribution is 2.15. The molecule has 0 saturated heterocycles. The van der Waals surface area contributed by atoms with Crippen molar-refractivity contribution in [2.45, 2.75) is 25.8 Å². The van der Waals surface area contributed by atoms with Gasteiger partial charge in [0, 0.05) is 24.9 Å². The third-order valence-corrected chi connectivity index (χ3v) is 4.79. The Morgan fingerprint density at radius 3 is 2.52 bits per heavy atom. The van der Waals surface area contributed by atoms with E-state index in [1.165, 1.54) is 36.4 Å². The molecule has 6 nitrogen and oxygen atoms in total. The molecule has 29 heavy (non-hydrogen) atoms. The summed E-state index contributed by atoms with van der Waals surface area (Å²) in [5, 5.41) is 14.9. The van der Waals surface area contributed by atoms with Gasteiger partial charge in [0.05, 0.1) is 23.9 Å². The van der Waals surface area contributed by atoms with Crippen LogP contribution >= 0.6 is 0 Å². The van der Waals surface area contributed by atoms with Crippen molar-refractivity contribution in [3.05, 3.63) is 70.3 Å². The normalized spacial score (nSPS) is 11.8. The second-order valence-electron chi connectivity index (χ2n) is 6.45. The summed E-state index contributed by atoms with van der Waals surface area (Å²) in [6.07, 6.45) is 1.11. The minimum Gasteiger partial charge on any atom is -0.357 e. The van der Waals surface area contributed by atoms with Crippen LogP contribution in [-0.4, -0.2) is 27.2 Å². The van der Waals surface area contributed by atoms with Crippen LogP contribution in [0.4, 0.5) is 8.78 Å². The number of nitrogens with zero attached hydrogens (tertiary/aromatic N) is 2. The van der Waals surface area contributed by atoms with Crippen molar-refractivity contribution in [3.8, 4) is 6.07 Å². The first-order chi connectivity index (χ1) is 13.7. The maximum atomic E-state index is 13.9. The summed E-state index contributed by atoms with van der Waals surface area (Å²) in [6, 6.07) is 9.92. The largest absolute Gasteiger partial charge is 0.357 e. The smallest absolute Gasteiger partial charge is 0.191 e. The zero-order valence-electron chi connectivity index (χ0n) is 16.2. The van der Waals surface area contributed by atoms with Crippen molar-refractivity contribution in [1.82, 2.24) is 10.6 Å². The van der Waals surface area contributed by atoms with E-state index < -0.39 is 21.5 Å². The lowest BCUT2D eigenvalue weighted by Crippen LogP contribution is -2.37. The van der Waals surface area contributed by atoms with Crippen LogP contribution < -0.4 is 10.6 Å². The van der Waals surface area contributed by atoms with Crippen LogP contribution in [0.5, 0.6) is 0 Å². The second-order valence-corrected chi connectivity index (χ2v) is 8.59. The first-order valence-electron chi connectivity index (χ1n) is 8.87. The average Bonchev–Trinajstić information content (AvgIpc) is 2.66. The van der Waals surface area contributed by atoms with Crippen molar-refractivity contribution < 1.29 is 17.2 Å². The summed E-state index contributed by atoms with van der Waals surface area (Å²) in [6.45, 7) is 2.52. The van der Waals surface area contributed by atoms with Gasteiger partial charge >= 0.3 is 0 Å². The number of guanidine groups is 1. The summed E-state index contributed by atoms with van der Waals surface area (Å²) < 4.78 is 50.8. The fraction of sp³-hybridized carbons (Fsp3) is 0.300. The molecule has 0 amide bonds. The molecular weight excluding hydrogens is 398 g/mol. The number of halogens is 2. The average molecular weight is 420 g/mol. The van der Waals surface area contributed by atoms with Crippen molar-refractivity contribution in [1.29, 1.82) is 5.26 Å². The van der Waals surface area contributed by atoms with E-state index in [4.69, 9.17) is 5.26 Å². The maximum Gasteiger partial charge on any atom is 0.191 e. The molecule has 2 N–H and O–H groups in total. The molecule has 0 bridgehead atoms. The van der Waals surface area contributed by atoms with E-state index in [9.17, 15) is 17.2 Å². The van der Waals surface area contributed by atoms with Gasteiger partial charge in [0.2, 0.25) is 0 Å². The second kappa shape index (κ2) is 9.98. The lowest BCUT2D eigenvalue weighted by Gasteiger charge is -2.14. The van der Waals surface area contributed by atoms with E-state index in [1.807, 2.05) is 13.0 Å². The molecule has 2 aromatic rings. The van der Waals surface area contributed by atoms with Crippen molar-refractivity contribution in [3.63, 3.8) is 0 Å². The lowest BCUT2D eigenvalue weighted by molar-refractivity contribution is 0.599. The van der Waals surface area contributed by atoms with E-state index in [0.717, 1.165) is 6.26 Å². The number of nitriles is 1. The predicted molar refractivity (Wildman–Crippen MR) is 108 cm³/mol. The zero-order chi connectivity index (χ0) is 21.4. The van der Waals surface area contributed by atoms with Gasteiger partial charge in [-0.15, -0.1) is 0 Å². The summed E-state index contributed by atoms with van der Waals surface area (Å²) in [5.41, 5.74) is 1.58. The Bertz CT molecular complexity index is 1050. The highest BCUT2D eigenvalue weighted by atomic mass is 32.2. The van der Waals surface area contributed by atoms with E-state index in [2.05, 4.69) is 15.6 Å². The Hall–Kier alpha value is -2.99. The van der Waals surface area contributed by atoms with Gasteiger partial charge in [0.1, 0.15) is 11.6 Å². The topological polar surface area (TPSA) is 94.3 Å². The van der Waals surface area contributed by atoms with E-state index in [0.29, 0.717) is 29.2 Å². The molecule has 0 fully saturated rings. The van der Waals surface area contributed by atoms with Gasteiger partial charge in [-0.2, -0.15) is 5.26 Å². The quantitative estimate of drug-likeness (QED) is 0.531. The third kappa shape index (κ3) is 7.16. The van der Waals surface area contributed by atoms with E-state index >= 15 is 0 Å². The molecular formula is C20H22F2N4O2S. The molecule has 0 aromatic heterocycles. The summed E-state index contributed by atoms with van der Waals surface area (Å²) in [7, 11) is -3.28. The first kappa shape index (κ1) is 22.3. The maximum absolute atomic E-state index is 13.9. The van der Waals surface area contributed by atoms with Gasteiger partial charge in [0.25, 0.3) is 0 Å². The molecule has 0 unspecified atom stereocenters. The van der Waals surface area contributed by atoms with Gasteiger partial charge in [-0.1, -0.05) is 6.07 Å². The zero-order valence-corrected chi connectivity index (χ0v) is 17.0. The molecule has 0 aliphatic heterocycles. The Morgan fingerprint density at radius 1 is 1.10 bits per heavy atom. The fourth-order valence-corrected chi connectivity index (χ4v) is 3.48. The highest BCUT2D eigenvalue weighted by molar-refractivity contribution is 7.89. The number of nitrogens with one attached hydrogen (secondary N) is 2. The summed E-state index contributed by atoms with van der Waals surface area (Å²) in [5.74, 6) is -0.797. The Kier molecular flexibility index (Phi) is 7.67. The van der Waals surface area contributed by atoms with Gasteiger partial charge in [-0.05, 0) is 48.4 Å². The standard InChI is InChI=1S/C20H22F2N4O2S/c1-3-24-20(26-12-17-8-14(10-23)4-7-19(17)22)25-11-16-9-18(21)6-5-15(16)13-29(2,27)28/h4-9H,3,11-13H2,1-2H3,(H2,24,25,26). The lowest BCUT2D eigenvalue weighted by atomic mass is 10.1. The van der Waals surface area contributed by atoms with Crippen LogP contribution in [0.25, 0.3) is 0 Å². The number of sulfone groups is 1. The summed E-state index contributed by atoms with van der Waals surface area (Å²) in [4.78, 5) is 4.29. The minimum absolute atomic E-state index is 0.00393. The highest BCUT2D eigenvalue weighted by Gasteiger charge is 2.11.